The van der Waals surface area contributed by atoms with Gasteiger partial charge in [-0.2, -0.15) is 4.33 Å². The van der Waals surface area contributed by atoms with Gasteiger partial charge < -0.3 is 14.6 Å². The maximum Gasteiger partial charge on any atom is 1.00 e. The van der Waals surface area contributed by atoms with Crippen LogP contribution < -0.4 is 64.4 Å². The number of hydrogen-bond donors (Lipinski definition) is 0. The molecule has 2 saturated heterocycles. The van der Waals surface area contributed by atoms with E-state index in [4.69, 9.17) is 4.84 Å². The van der Waals surface area contributed by atoms with Gasteiger partial charge in [-0.3, -0.25) is 29.1 Å². The van der Waals surface area contributed by atoms with Gasteiger partial charge in [0.2, 0.25) is 11.8 Å². The molecule has 2 aliphatic rings. The van der Waals surface area contributed by atoms with E-state index in [1.807, 2.05) is 0 Å². The maximum absolute atomic E-state index is 11.9. The number of carbonyl (C=O) groups is 5. The molecule has 2 unspecified atom stereocenters. The van der Waals surface area contributed by atoms with Crippen LogP contribution >= 0.6 is 12.0 Å². The minimum atomic E-state index is -4.89. The third-order valence-electron chi connectivity index (χ3n) is 4.50. The predicted octanol–water partition coefficient (Wildman–Crippen LogP) is -7.93. The predicted molar refractivity (Wildman–Crippen MR) is 94.0 cm³/mol. The van der Waals surface area contributed by atoms with E-state index in [-0.39, 0.29) is 78.5 Å². The molecule has 0 N–H and O–H groups in total. The Morgan fingerprint density at radius 1 is 1.00 bits per heavy atom. The van der Waals surface area contributed by atoms with Crippen molar-refractivity contribution < 1.29 is 116 Å². The summed E-state index contributed by atoms with van der Waals surface area (Å²) in [5, 5.41) is 10.2. The van der Waals surface area contributed by atoms with Crippen LogP contribution in [-0.2, 0) is 48.3 Å². The van der Waals surface area contributed by atoms with Gasteiger partial charge in [-0.05, 0) is 12.8 Å². The van der Waals surface area contributed by atoms with Gasteiger partial charge in [0.1, 0.15) is 20.6 Å². The van der Waals surface area contributed by atoms with E-state index >= 15 is 0 Å². The topological polar surface area (TPSA) is 200 Å². The van der Waals surface area contributed by atoms with Crippen molar-refractivity contribution in [3.63, 3.8) is 0 Å². The van der Waals surface area contributed by atoms with Gasteiger partial charge in [0, 0.05) is 25.0 Å². The molecule has 2 atom stereocenters. The number of rotatable bonds is 12. The van der Waals surface area contributed by atoms with Crippen molar-refractivity contribution in [3.05, 3.63) is 0 Å². The molecule has 0 radical (unpaired) electrons. The number of hydrogen-bond acceptors (Lipinski definition) is 13. The summed E-state index contributed by atoms with van der Waals surface area (Å²) in [6.45, 7) is -0.0425. The van der Waals surface area contributed by atoms with Crippen molar-refractivity contribution in [3.8, 4) is 0 Å². The van der Waals surface area contributed by atoms with Gasteiger partial charge in [-0.25, -0.2) is 13.2 Å². The third kappa shape index (κ3) is 9.46. The molecule has 18 heteroatoms. The Hall–Kier alpha value is -0.110. The average Bonchev–Trinajstić information content (AvgIpc) is 3.13. The first-order chi connectivity index (χ1) is 14.6. The minimum Gasteiger partial charge on any atom is -0.747 e. The standard InChI is InChI=1S/C15H20N2O12S2.2Na/c18-11-8-10(31(24,25)26)15(22)16(11)6-4-2-1-3-5-13(20)27-17-12(19)7-9(14(17)21)30-29-28-23;;/h9-10,23H,1-8H2,(H,24,25,26);;/q;2*+1/p-2. The second kappa shape index (κ2) is 15.1. The normalized spacial score (nSPS) is 20.7. The van der Waals surface area contributed by atoms with Gasteiger partial charge in [0.25, 0.3) is 11.8 Å². The molecule has 33 heavy (non-hydrogen) atoms. The maximum atomic E-state index is 11.9. The summed E-state index contributed by atoms with van der Waals surface area (Å²) in [5.41, 5.74) is 0. The number of likely N-dealkylation sites (tertiary alicyclic amines) is 1. The van der Waals surface area contributed by atoms with Gasteiger partial charge in [0.05, 0.1) is 12.8 Å². The molecule has 2 heterocycles. The zero-order valence-electron chi connectivity index (χ0n) is 17.9. The van der Waals surface area contributed by atoms with Crippen molar-refractivity contribution in [2.45, 2.75) is 55.4 Å². The molecule has 0 aromatic carbocycles. The Morgan fingerprint density at radius 2 is 1.64 bits per heavy atom. The van der Waals surface area contributed by atoms with Gasteiger partial charge in [0.15, 0.2) is 0 Å². The molecular formula is C15H18N2Na2O12S2. The van der Waals surface area contributed by atoms with E-state index in [1.165, 1.54) is 0 Å². The molecule has 2 fully saturated rings. The van der Waals surface area contributed by atoms with E-state index in [0.29, 0.717) is 42.8 Å². The quantitative estimate of drug-likeness (QED) is 0.0440. The molecule has 14 nitrogen and oxygen atoms in total. The summed E-state index contributed by atoms with van der Waals surface area (Å²) >= 11 is 0.325. The molecule has 2 aliphatic heterocycles. The van der Waals surface area contributed by atoms with Crippen molar-refractivity contribution in [2.75, 3.05) is 6.54 Å². The van der Waals surface area contributed by atoms with E-state index in [1.54, 1.807) is 0 Å². The second-order valence-electron chi connectivity index (χ2n) is 6.65. The summed E-state index contributed by atoms with van der Waals surface area (Å²) in [6, 6.07) is 0. The number of nitrogens with zero attached hydrogens (tertiary/aromatic N) is 2. The molecule has 2 rings (SSSR count). The Morgan fingerprint density at radius 3 is 2.21 bits per heavy atom. The van der Waals surface area contributed by atoms with Crippen LogP contribution in [0.4, 0.5) is 0 Å². The van der Waals surface area contributed by atoms with Gasteiger partial charge in [-0.15, -0.1) is 5.06 Å². The number of imide groups is 2. The molecule has 174 valence electrons. The molecular weight excluding hydrogens is 510 g/mol. The van der Waals surface area contributed by atoms with E-state index < -0.39 is 56.6 Å². The van der Waals surface area contributed by atoms with Crippen molar-refractivity contribution in [1.82, 2.24) is 9.96 Å². The number of carbonyl (C=O) groups excluding carboxylic acids is 5. The van der Waals surface area contributed by atoms with Crippen LogP contribution in [0, 0.1) is 0 Å². The van der Waals surface area contributed by atoms with E-state index in [0.717, 1.165) is 4.90 Å². The zero-order chi connectivity index (χ0) is 23.2. The van der Waals surface area contributed by atoms with Crippen LogP contribution in [0.3, 0.4) is 0 Å². The summed E-state index contributed by atoms with van der Waals surface area (Å²) in [7, 11) is -4.89. The average molecular weight is 528 g/mol. The largest absolute Gasteiger partial charge is 1.00 e. The van der Waals surface area contributed by atoms with Gasteiger partial charge >= 0.3 is 65.1 Å². The number of amides is 4. The minimum absolute atomic E-state index is 0. The van der Waals surface area contributed by atoms with Crippen LogP contribution in [0.5, 0.6) is 0 Å². The van der Waals surface area contributed by atoms with Crippen molar-refractivity contribution in [1.29, 1.82) is 0 Å². The van der Waals surface area contributed by atoms with Crippen LogP contribution in [-0.4, -0.2) is 69.6 Å². The van der Waals surface area contributed by atoms with Crippen molar-refractivity contribution >= 4 is 51.8 Å². The fourth-order valence-electron chi connectivity index (χ4n) is 2.97. The fourth-order valence-corrected chi connectivity index (χ4v) is 4.21. The fraction of sp³-hybridized carbons (Fsp3) is 0.667. The Kier molecular flexibility index (Phi) is 15.1. The Bertz CT molecular complexity index is 856. The molecule has 4 amide bonds. The molecule has 0 saturated carbocycles. The smallest absolute Gasteiger partial charge is 0.747 e. The summed E-state index contributed by atoms with van der Waals surface area (Å²) in [6.07, 6.45) is 0.507. The third-order valence-corrected chi connectivity index (χ3v) is 6.30. The summed E-state index contributed by atoms with van der Waals surface area (Å²) in [4.78, 5) is 64.4. The number of unbranched alkanes of at least 4 members (excludes halogenated alkanes) is 3. The summed E-state index contributed by atoms with van der Waals surface area (Å²) in [5.74, 6) is -4.21. The van der Waals surface area contributed by atoms with Crippen LogP contribution in [0.2, 0.25) is 0 Å². The Balaban J connectivity index is 0.00000512. The second-order valence-corrected chi connectivity index (χ2v) is 9.10. The molecule has 0 bridgehead atoms. The first-order valence-electron chi connectivity index (χ1n) is 9.04. The monoisotopic (exact) mass is 528 g/mol. The van der Waals surface area contributed by atoms with Crippen LogP contribution in [0.25, 0.3) is 0 Å². The SMILES string of the molecule is O=C(CCCCCCN1C(=O)CC(S(=O)(=O)[O-])C1=O)ON1C(=O)CC(SOO[O-])C1=O.[Na+].[Na+]. The Labute approximate surface area is 237 Å². The number of hydroxylamine groups is 2. The van der Waals surface area contributed by atoms with Crippen molar-refractivity contribution in [2.24, 2.45) is 0 Å². The van der Waals surface area contributed by atoms with Gasteiger partial charge in [-0.1, -0.05) is 12.8 Å². The molecule has 0 aromatic rings. The molecule has 0 aliphatic carbocycles. The first kappa shape index (κ1) is 32.9. The summed E-state index contributed by atoms with van der Waals surface area (Å²) < 4.78 is 36.9. The van der Waals surface area contributed by atoms with E-state index in [2.05, 4.69) is 9.37 Å². The molecule has 0 aromatic heterocycles. The molecule has 0 spiro atoms. The van der Waals surface area contributed by atoms with Crippen LogP contribution in [0.1, 0.15) is 44.9 Å². The zero-order valence-corrected chi connectivity index (χ0v) is 23.6. The van der Waals surface area contributed by atoms with E-state index in [9.17, 15) is 42.2 Å². The first-order valence-corrected chi connectivity index (χ1v) is 11.3. The van der Waals surface area contributed by atoms with Crippen LogP contribution in [0.15, 0.2) is 0 Å².